The maximum absolute atomic E-state index is 12.5. The Labute approximate surface area is 49.1 Å². The van der Waals surface area contributed by atoms with Crippen molar-refractivity contribution >= 4 is 0 Å². The lowest BCUT2D eigenvalue weighted by Gasteiger charge is -2.21. The Kier molecular flexibility index (Phi) is 1.84. The fourth-order valence-corrected chi connectivity index (χ4v) is 1.11. The molecule has 0 aliphatic heterocycles. The van der Waals surface area contributed by atoms with Crippen molar-refractivity contribution in [2.75, 3.05) is 0 Å². The van der Waals surface area contributed by atoms with Crippen LogP contribution in [0.2, 0.25) is 0 Å². The standard InChI is InChI=1S/C6H12FN/c7-5-3-1-2-4-6(5)8/h5-6H,1-4,8H2. The van der Waals surface area contributed by atoms with Gasteiger partial charge in [0.1, 0.15) is 6.17 Å². The molecule has 2 atom stereocenters. The Morgan fingerprint density at radius 1 is 1.25 bits per heavy atom. The van der Waals surface area contributed by atoms with Crippen molar-refractivity contribution in [2.24, 2.45) is 5.73 Å². The second-order valence-corrected chi connectivity index (χ2v) is 2.46. The topological polar surface area (TPSA) is 26.0 Å². The maximum atomic E-state index is 12.5. The Hall–Kier alpha value is -0.110. The Balaban J connectivity index is 2.28. The summed E-state index contributed by atoms with van der Waals surface area (Å²) in [5.41, 5.74) is 5.40. The van der Waals surface area contributed by atoms with Gasteiger partial charge in [0.15, 0.2) is 0 Å². The molecule has 0 bridgehead atoms. The Bertz CT molecular complexity index is 64.9. The monoisotopic (exact) mass is 117 g/mol. The zero-order valence-electron chi connectivity index (χ0n) is 4.94. The van der Waals surface area contributed by atoms with Gasteiger partial charge in [-0.25, -0.2) is 4.39 Å². The summed E-state index contributed by atoms with van der Waals surface area (Å²) in [6.45, 7) is 0. The molecule has 0 heterocycles. The summed E-state index contributed by atoms with van der Waals surface area (Å²) >= 11 is 0. The van der Waals surface area contributed by atoms with Crippen LogP contribution in [0.3, 0.4) is 0 Å². The normalized spacial score (nSPS) is 39.8. The van der Waals surface area contributed by atoms with Crippen molar-refractivity contribution in [2.45, 2.75) is 37.9 Å². The van der Waals surface area contributed by atoms with Crippen LogP contribution in [0.15, 0.2) is 0 Å². The first kappa shape index (κ1) is 6.02. The van der Waals surface area contributed by atoms with Gasteiger partial charge >= 0.3 is 0 Å². The molecule has 0 aromatic rings. The molecule has 0 aromatic heterocycles. The summed E-state index contributed by atoms with van der Waals surface area (Å²) in [7, 11) is 0. The van der Waals surface area contributed by atoms with Crippen molar-refractivity contribution < 1.29 is 4.39 Å². The first-order valence-corrected chi connectivity index (χ1v) is 3.20. The molecule has 2 heteroatoms. The van der Waals surface area contributed by atoms with E-state index in [0.29, 0.717) is 6.42 Å². The van der Waals surface area contributed by atoms with Crippen LogP contribution in [0.25, 0.3) is 0 Å². The average Bonchev–Trinajstić information content (AvgIpc) is 1.77. The molecule has 1 rings (SSSR count). The fourth-order valence-electron chi connectivity index (χ4n) is 1.11. The molecule has 0 amide bonds. The summed E-state index contributed by atoms with van der Waals surface area (Å²) in [5.74, 6) is 0. The van der Waals surface area contributed by atoms with Crippen LogP contribution in [0, 0.1) is 0 Å². The van der Waals surface area contributed by atoms with Gasteiger partial charge in [-0.2, -0.15) is 0 Å². The molecule has 1 aliphatic rings. The molecule has 2 unspecified atom stereocenters. The number of hydrogen-bond donors (Lipinski definition) is 1. The second-order valence-electron chi connectivity index (χ2n) is 2.46. The minimum atomic E-state index is -0.719. The smallest absolute Gasteiger partial charge is 0.115 e. The third kappa shape index (κ3) is 1.19. The summed E-state index contributed by atoms with van der Waals surface area (Å²) in [6, 6.07) is -0.163. The lowest BCUT2D eigenvalue weighted by Crippen LogP contribution is -2.34. The lowest BCUT2D eigenvalue weighted by atomic mass is 9.95. The molecule has 0 spiro atoms. The summed E-state index contributed by atoms with van der Waals surface area (Å²) in [4.78, 5) is 0. The molecule has 1 fully saturated rings. The molecule has 1 nitrogen and oxygen atoms in total. The number of alkyl halides is 1. The van der Waals surface area contributed by atoms with Gasteiger partial charge in [-0.1, -0.05) is 12.8 Å². The quantitative estimate of drug-likeness (QED) is 0.507. The predicted octanol–water partition coefficient (Wildman–Crippen LogP) is 1.23. The van der Waals surface area contributed by atoms with E-state index in [9.17, 15) is 4.39 Å². The van der Waals surface area contributed by atoms with E-state index in [0.717, 1.165) is 19.3 Å². The van der Waals surface area contributed by atoms with Gasteiger partial charge in [-0.05, 0) is 12.8 Å². The van der Waals surface area contributed by atoms with Gasteiger partial charge in [-0.15, -0.1) is 0 Å². The Morgan fingerprint density at radius 3 is 2.25 bits per heavy atom. The third-order valence-electron chi connectivity index (χ3n) is 1.73. The molecule has 0 aromatic carbocycles. The van der Waals surface area contributed by atoms with Gasteiger partial charge < -0.3 is 5.73 Å². The third-order valence-corrected chi connectivity index (χ3v) is 1.73. The first-order chi connectivity index (χ1) is 3.80. The van der Waals surface area contributed by atoms with Crippen molar-refractivity contribution in [3.63, 3.8) is 0 Å². The molecular weight excluding hydrogens is 105 g/mol. The molecule has 48 valence electrons. The second kappa shape index (κ2) is 2.44. The van der Waals surface area contributed by atoms with Gasteiger partial charge in [0.05, 0.1) is 0 Å². The van der Waals surface area contributed by atoms with E-state index in [1.807, 2.05) is 0 Å². The summed E-state index contributed by atoms with van der Waals surface area (Å²) in [5, 5.41) is 0. The van der Waals surface area contributed by atoms with Gasteiger partial charge in [0.2, 0.25) is 0 Å². The van der Waals surface area contributed by atoms with Crippen LogP contribution in [0.5, 0.6) is 0 Å². The highest BCUT2D eigenvalue weighted by Crippen LogP contribution is 2.18. The molecule has 8 heavy (non-hydrogen) atoms. The molecule has 1 saturated carbocycles. The SMILES string of the molecule is NC1CCCCC1F. The van der Waals surface area contributed by atoms with Crippen molar-refractivity contribution in [3.05, 3.63) is 0 Å². The van der Waals surface area contributed by atoms with Crippen LogP contribution >= 0.6 is 0 Å². The van der Waals surface area contributed by atoms with E-state index in [4.69, 9.17) is 5.73 Å². The van der Waals surface area contributed by atoms with Crippen LogP contribution in [0.1, 0.15) is 25.7 Å². The molecule has 1 aliphatic carbocycles. The number of halogens is 1. The van der Waals surface area contributed by atoms with E-state index in [-0.39, 0.29) is 6.04 Å². The van der Waals surface area contributed by atoms with Crippen molar-refractivity contribution in [1.82, 2.24) is 0 Å². The summed E-state index contributed by atoms with van der Waals surface area (Å²) in [6.07, 6.45) is 2.97. The van der Waals surface area contributed by atoms with Crippen LogP contribution in [0.4, 0.5) is 4.39 Å². The maximum Gasteiger partial charge on any atom is 0.115 e. The molecular formula is C6H12FN. The molecule has 0 radical (unpaired) electrons. The first-order valence-electron chi connectivity index (χ1n) is 3.20. The van der Waals surface area contributed by atoms with Crippen LogP contribution < -0.4 is 5.73 Å². The van der Waals surface area contributed by atoms with E-state index < -0.39 is 6.17 Å². The van der Waals surface area contributed by atoms with E-state index in [1.54, 1.807) is 0 Å². The minimum absolute atomic E-state index is 0.163. The highest BCUT2D eigenvalue weighted by Gasteiger charge is 2.19. The lowest BCUT2D eigenvalue weighted by molar-refractivity contribution is 0.218. The molecule has 2 N–H and O–H groups in total. The zero-order chi connectivity index (χ0) is 5.98. The highest BCUT2D eigenvalue weighted by atomic mass is 19.1. The van der Waals surface area contributed by atoms with E-state index in [1.165, 1.54) is 0 Å². The largest absolute Gasteiger partial charge is 0.325 e. The fraction of sp³-hybridized carbons (Fsp3) is 1.00. The van der Waals surface area contributed by atoms with E-state index in [2.05, 4.69) is 0 Å². The van der Waals surface area contributed by atoms with Crippen LogP contribution in [-0.4, -0.2) is 12.2 Å². The Morgan fingerprint density at radius 2 is 1.88 bits per heavy atom. The summed E-state index contributed by atoms with van der Waals surface area (Å²) < 4.78 is 12.5. The minimum Gasteiger partial charge on any atom is -0.325 e. The number of rotatable bonds is 0. The van der Waals surface area contributed by atoms with Gasteiger partial charge in [0.25, 0.3) is 0 Å². The van der Waals surface area contributed by atoms with Gasteiger partial charge in [-0.3, -0.25) is 0 Å². The average molecular weight is 117 g/mol. The highest BCUT2D eigenvalue weighted by molar-refractivity contribution is 4.76. The molecule has 0 saturated heterocycles. The van der Waals surface area contributed by atoms with Gasteiger partial charge in [0, 0.05) is 6.04 Å². The van der Waals surface area contributed by atoms with Crippen molar-refractivity contribution in [3.8, 4) is 0 Å². The number of nitrogens with two attached hydrogens (primary N) is 1. The van der Waals surface area contributed by atoms with Crippen LogP contribution in [-0.2, 0) is 0 Å². The van der Waals surface area contributed by atoms with Crippen molar-refractivity contribution in [1.29, 1.82) is 0 Å². The zero-order valence-corrected chi connectivity index (χ0v) is 4.94. The number of hydrogen-bond acceptors (Lipinski definition) is 1. The predicted molar refractivity (Wildman–Crippen MR) is 31.3 cm³/mol. The van der Waals surface area contributed by atoms with E-state index >= 15 is 0 Å².